The first-order valence-corrected chi connectivity index (χ1v) is 7.76. The van der Waals surface area contributed by atoms with Gasteiger partial charge in [-0.1, -0.05) is 19.9 Å². The summed E-state index contributed by atoms with van der Waals surface area (Å²) in [6.45, 7) is 7.24. The average Bonchev–Trinajstić information content (AvgIpc) is 2.98. The molecule has 108 valence electrons. The molecule has 0 saturated heterocycles. The van der Waals surface area contributed by atoms with E-state index in [1.807, 2.05) is 19.4 Å². The van der Waals surface area contributed by atoms with E-state index in [0.717, 1.165) is 18.1 Å². The number of thiophene rings is 1. The Hall–Kier alpha value is -1.46. The molecule has 1 N–H and O–H groups in total. The number of hydrogen-bond acceptors (Lipinski definition) is 5. The molecule has 2 aromatic rings. The van der Waals surface area contributed by atoms with Crippen LogP contribution in [0.15, 0.2) is 29.9 Å². The molecule has 0 aromatic carbocycles. The van der Waals surface area contributed by atoms with E-state index in [9.17, 15) is 0 Å². The van der Waals surface area contributed by atoms with Gasteiger partial charge in [-0.15, -0.1) is 11.3 Å². The molecule has 0 aliphatic heterocycles. The van der Waals surface area contributed by atoms with Gasteiger partial charge in [0.05, 0.1) is 6.04 Å². The van der Waals surface area contributed by atoms with E-state index >= 15 is 0 Å². The third-order valence-electron chi connectivity index (χ3n) is 3.26. The number of rotatable bonds is 6. The Balaban J connectivity index is 2.02. The SMILES string of the molecule is CC(C)NCc1cnc(N(C)C(C)c2cccs2)nc1. The van der Waals surface area contributed by atoms with Crippen molar-refractivity contribution in [2.75, 3.05) is 11.9 Å². The maximum absolute atomic E-state index is 4.47. The summed E-state index contributed by atoms with van der Waals surface area (Å²) in [7, 11) is 2.03. The molecular weight excluding hydrogens is 268 g/mol. The minimum Gasteiger partial charge on any atom is -0.336 e. The average molecular weight is 290 g/mol. The Morgan fingerprint density at radius 2 is 1.95 bits per heavy atom. The van der Waals surface area contributed by atoms with Gasteiger partial charge in [-0.05, 0) is 18.4 Å². The fourth-order valence-corrected chi connectivity index (χ4v) is 2.66. The van der Waals surface area contributed by atoms with Crippen LogP contribution in [-0.4, -0.2) is 23.1 Å². The lowest BCUT2D eigenvalue weighted by Crippen LogP contribution is -2.24. The van der Waals surface area contributed by atoms with Crippen molar-refractivity contribution in [3.63, 3.8) is 0 Å². The minimum atomic E-state index is 0.287. The molecule has 0 bridgehead atoms. The quantitative estimate of drug-likeness (QED) is 0.887. The van der Waals surface area contributed by atoms with Crippen LogP contribution in [0.4, 0.5) is 5.95 Å². The summed E-state index contributed by atoms with van der Waals surface area (Å²) in [5.41, 5.74) is 1.11. The van der Waals surface area contributed by atoms with Gasteiger partial charge in [0.15, 0.2) is 0 Å². The highest BCUT2D eigenvalue weighted by Gasteiger charge is 2.15. The molecule has 0 saturated carbocycles. The molecule has 1 unspecified atom stereocenters. The molecule has 0 aliphatic rings. The fraction of sp³-hybridized carbons (Fsp3) is 0.467. The maximum Gasteiger partial charge on any atom is 0.225 e. The van der Waals surface area contributed by atoms with Gasteiger partial charge in [-0.25, -0.2) is 9.97 Å². The van der Waals surface area contributed by atoms with Gasteiger partial charge in [-0.2, -0.15) is 0 Å². The molecule has 2 heterocycles. The first kappa shape index (κ1) is 14.9. The van der Waals surface area contributed by atoms with Crippen molar-refractivity contribution in [2.45, 2.75) is 39.4 Å². The summed E-state index contributed by atoms with van der Waals surface area (Å²) < 4.78 is 0. The Morgan fingerprint density at radius 3 is 2.50 bits per heavy atom. The summed E-state index contributed by atoms with van der Waals surface area (Å²) in [6.07, 6.45) is 3.80. The Bertz CT molecular complexity index is 507. The normalized spacial score (nSPS) is 12.7. The highest BCUT2D eigenvalue weighted by atomic mass is 32.1. The van der Waals surface area contributed by atoms with Gasteiger partial charge < -0.3 is 10.2 Å². The lowest BCUT2D eigenvalue weighted by Gasteiger charge is -2.24. The number of hydrogen-bond donors (Lipinski definition) is 1. The van der Waals surface area contributed by atoms with E-state index in [-0.39, 0.29) is 6.04 Å². The van der Waals surface area contributed by atoms with Crippen LogP contribution in [0.1, 0.15) is 37.3 Å². The van der Waals surface area contributed by atoms with Crippen LogP contribution in [0.3, 0.4) is 0 Å². The van der Waals surface area contributed by atoms with Gasteiger partial charge in [-0.3, -0.25) is 0 Å². The highest BCUT2D eigenvalue weighted by Crippen LogP contribution is 2.25. The van der Waals surface area contributed by atoms with Crippen molar-refractivity contribution >= 4 is 17.3 Å². The van der Waals surface area contributed by atoms with Gasteiger partial charge in [0, 0.05) is 42.5 Å². The topological polar surface area (TPSA) is 41.1 Å². The van der Waals surface area contributed by atoms with E-state index < -0.39 is 0 Å². The first-order valence-electron chi connectivity index (χ1n) is 6.88. The minimum absolute atomic E-state index is 0.287. The Kier molecular flexibility index (Phi) is 5.09. The molecule has 0 spiro atoms. The van der Waals surface area contributed by atoms with Crippen molar-refractivity contribution in [1.29, 1.82) is 0 Å². The molecule has 0 fully saturated rings. The molecule has 2 aromatic heterocycles. The smallest absolute Gasteiger partial charge is 0.225 e. The zero-order chi connectivity index (χ0) is 14.5. The van der Waals surface area contributed by atoms with E-state index in [1.54, 1.807) is 11.3 Å². The van der Waals surface area contributed by atoms with Crippen LogP contribution in [-0.2, 0) is 6.54 Å². The second-order valence-corrected chi connectivity index (χ2v) is 6.21. The lowest BCUT2D eigenvalue weighted by atomic mass is 10.2. The van der Waals surface area contributed by atoms with Gasteiger partial charge >= 0.3 is 0 Å². The molecular formula is C15H22N4S. The molecule has 2 rings (SSSR count). The van der Waals surface area contributed by atoms with Crippen molar-refractivity contribution in [2.24, 2.45) is 0 Å². The van der Waals surface area contributed by atoms with Gasteiger partial charge in [0.1, 0.15) is 0 Å². The zero-order valence-electron chi connectivity index (χ0n) is 12.5. The fourth-order valence-electron chi connectivity index (χ4n) is 1.84. The summed E-state index contributed by atoms with van der Waals surface area (Å²) in [5.74, 6) is 0.763. The number of nitrogens with zero attached hydrogens (tertiary/aromatic N) is 3. The van der Waals surface area contributed by atoms with Crippen molar-refractivity contribution in [3.05, 3.63) is 40.3 Å². The van der Waals surface area contributed by atoms with E-state index in [1.165, 1.54) is 4.88 Å². The second-order valence-electron chi connectivity index (χ2n) is 5.23. The van der Waals surface area contributed by atoms with Crippen molar-refractivity contribution < 1.29 is 0 Å². The Morgan fingerprint density at radius 1 is 1.25 bits per heavy atom. The van der Waals surface area contributed by atoms with Crippen molar-refractivity contribution in [3.8, 4) is 0 Å². The largest absolute Gasteiger partial charge is 0.336 e. The number of nitrogens with one attached hydrogen (secondary N) is 1. The Labute approximate surface area is 124 Å². The number of anilines is 1. The molecule has 20 heavy (non-hydrogen) atoms. The van der Waals surface area contributed by atoms with E-state index in [0.29, 0.717) is 6.04 Å². The lowest BCUT2D eigenvalue weighted by molar-refractivity contribution is 0.586. The molecule has 0 radical (unpaired) electrons. The standard InChI is InChI=1S/C15H22N4S/c1-11(2)16-8-13-9-17-15(18-10-13)19(4)12(3)14-6-5-7-20-14/h5-7,9-12,16H,8H2,1-4H3. The first-order chi connectivity index (χ1) is 9.58. The summed E-state index contributed by atoms with van der Waals surface area (Å²) >= 11 is 1.76. The van der Waals surface area contributed by atoms with Gasteiger partial charge in [0.2, 0.25) is 5.95 Å². The summed E-state index contributed by atoms with van der Waals surface area (Å²) in [5, 5.41) is 5.46. The highest BCUT2D eigenvalue weighted by molar-refractivity contribution is 7.10. The molecule has 1 atom stereocenters. The van der Waals surface area contributed by atoms with Crippen molar-refractivity contribution in [1.82, 2.24) is 15.3 Å². The molecule has 4 nitrogen and oxygen atoms in total. The van der Waals surface area contributed by atoms with Crippen LogP contribution in [0.5, 0.6) is 0 Å². The van der Waals surface area contributed by atoms with Crippen LogP contribution in [0.25, 0.3) is 0 Å². The van der Waals surface area contributed by atoms with Crippen LogP contribution in [0, 0.1) is 0 Å². The zero-order valence-corrected chi connectivity index (χ0v) is 13.3. The maximum atomic E-state index is 4.47. The predicted octanol–water partition coefficient (Wildman–Crippen LogP) is 3.23. The summed E-state index contributed by atoms with van der Waals surface area (Å²) in [4.78, 5) is 12.4. The monoisotopic (exact) mass is 290 g/mol. The van der Waals surface area contributed by atoms with Crippen LogP contribution >= 0.6 is 11.3 Å². The predicted molar refractivity (Wildman–Crippen MR) is 85.1 cm³/mol. The molecule has 0 amide bonds. The third kappa shape index (κ3) is 3.77. The van der Waals surface area contributed by atoms with Crippen LogP contribution in [0.2, 0.25) is 0 Å². The number of aromatic nitrogens is 2. The van der Waals surface area contributed by atoms with Crippen LogP contribution < -0.4 is 10.2 Å². The third-order valence-corrected chi connectivity index (χ3v) is 4.30. The van der Waals surface area contributed by atoms with E-state index in [2.05, 4.69) is 58.5 Å². The summed E-state index contributed by atoms with van der Waals surface area (Å²) in [6, 6.07) is 4.98. The molecule has 0 aliphatic carbocycles. The van der Waals surface area contributed by atoms with E-state index in [4.69, 9.17) is 0 Å². The molecule has 5 heteroatoms. The second kappa shape index (κ2) is 6.81. The van der Waals surface area contributed by atoms with Gasteiger partial charge in [0.25, 0.3) is 0 Å².